The molecule has 126 valence electrons. The fourth-order valence-electron chi connectivity index (χ4n) is 4.10. The summed E-state index contributed by atoms with van der Waals surface area (Å²) < 4.78 is 15.2. The summed E-state index contributed by atoms with van der Waals surface area (Å²) in [6.07, 6.45) is 7.18. The van der Waals surface area contributed by atoms with E-state index in [0.29, 0.717) is 12.5 Å². The van der Waals surface area contributed by atoms with Gasteiger partial charge in [-0.1, -0.05) is 31.4 Å². The summed E-state index contributed by atoms with van der Waals surface area (Å²) in [5, 5.41) is 4.20. The van der Waals surface area contributed by atoms with Crippen molar-refractivity contribution in [3.63, 3.8) is 0 Å². The Morgan fingerprint density at radius 3 is 2.54 bits per heavy atom. The SMILES string of the molecule is O=C(N1CCCn2ncnc21)C1(c2ccc(F)cc2)CCCCC1. The Bertz CT molecular complexity index is 734. The minimum absolute atomic E-state index is 0.0859. The van der Waals surface area contributed by atoms with Crippen LogP contribution in [-0.2, 0) is 16.8 Å². The zero-order valence-electron chi connectivity index (χ0n) is 13.6. The van der Waals surface area contributed by atoms with Crippen molar-refractivity contribution in [2.75, 3.05) is 11.4 Å². The van der Waals surface area contributed by atoms with E-state index in [9.17, 15) is 9.18 Å². The molecule has 0 saturated heterocycles. The topological polar surface area (TPSA) is 51.0 Å². The molecule has 0 N–H and O–H groups in total. The number of carbonyl (C=O) groups is 1. The van der Waals surface area contributed by atoms with Crippen LogP contribution in [0.2, 0.25) is 0 Å². The lowest BCUT2D eigenvalue weighted by Crippen LogP contribution is -2.50. The van der Waals surface area contributed by atoms with Gasteiger partial charge in [-0.3, -0.25) is 9.69 Å². The van der Waals surface area contributed by atoms with Crippen molar-refractivity contribution in [3.05, 3.63) is 42.0 Å². The second kappa shape index (κ2) is 6.00. The lowest BCUT2D eigenvalue weighted by molar-refractivity contribution is -0.125. The van der Waals surface area contributed by atoms with E-state index >= 15 is 0 Å². The molecule has 0 spiro atoms. The van der Waals surface area contributed by atoms with Crippen LogP contribution in [0.3, 0.4) is 0 Å². The molecule has 2 aliphatic rings. The standard InChI is InChI=1S/C18H21FN4O/c19-15-7-5-14(6-8-15)18(9-2-1-3-10-18)16(24)22-11-4-12-23-17(22)20-13-21-23/h5-8,13H,1-4,9-12H2. The maximum Gasteiger partial charge on any atom is 0.239 e. The number of amides is 1. The third-order valence-electron chi connectivity index (χ3n) is 5.35. The van der Waals surface area contributed by atoms with Crippen molar-refractivity contribution < 1.29 is 9.18 Å². The number of carbonyl (C=O) groups excluding carboxylic acids is 1. The first-order valence-corrected chi connectivity index (χ1v) is 8.66. The molecule has 0 bridgehead atoms. The average Bonchev–Trinajstić information content (AvgIpc) is 3.11. The predicted molar refractivity (Wildman–Crippen MR) is 88.2 cm³/mol. The van der Waals surface area contributed by atoms with E-state index in [2.05, 4.69) is 10.1 Å². The van der Waals surface area contributed by atoms with Gasteiger partial charge in [0.2, 0.25) is 11.9 Å². The van der Waals surface area contributed by atoms with Crippen molar-refractivity contribution in [1.82, 2.24) is 14.8 Å². The molecule has 1 saturated carbocycles. The van der Waals surface area contributed by atoms with E-state index < -0.39 is 5.41 Å². The molecule has 6 heteroatoms. The monoisotopic (exact) mass is 328 g/mol. The first kappa shape index (κ1) is 15.3. The molecule has 24 heavy (non-hydrogen) atoms. The predicted octanol–water partition coefficient (Wildman–Crippen LogP) is 3.06. The Balaban J connectivity index is 1.75. The smallest absolute Gasteiger partial charge is 0.239 e. The van der Waals surface area contributed by atoms with Gasteiger partial charge in [-0.25, -0.2) is 9.07 Å². The molecule has 0 atom stereocenters. The fraction of sp³-hybridized carbons (Fsp3) is 0.500. The molecule has 4 rings (SSSR count). The first-order chi connectivity index (χ1) is 11.7. The Labute approximate surface area is 140 Å². The number of fused-ring (bicyclic) bond motifs is 1. The van der Waals surface area contributed by atoms with Gasteiger partial charge in [0, 0.05) is 13.1 Å². The maximum absolute atomic E-state index is 13.6. The van der Waals surface area contributed by atoms with Gasteiger partial charge in [-0.2, -0.15) is 10.1 Å². The third-order valence-corrected chi connectivity index (χ3v) is 5.35. The van der Waals surface area contributed by atoms with Crippen molar-refractivity contribution in [2.24, 2.45) is 0 Å². The summed E-state index contributed by atoms with van der Waals surface area (Å²) in [5.74, 6) is 0.455. The summed E-state index contributed by atoms with van der Waals surface area (Å²) in [6.45, 7) is 1.46. The van der Waals surface area contributed by atoms with Crippen LogP contribution in [0.25, 0.3) is 0 Å². The molecular weight excluding hydrogens is 307 g/mol. The van der Waals surface area contributed by atoms with Crippen molar-refractivity contribution in [3.8, 4) is 0 Å². The number of aryl methyl sites for hydroxylation is 1. The van der Waals surface area contributed by atoms with E-state index in [1.165, 1.54) is 18.5 Å². The summed E-state index contributed by atoms with van der Waals surface area (Å²) in [6, 6.07) is 6.45. The molecule has 1 aromatic heterocycles. The molecule has 1 amide bonds. The normalized spacial score (nSPS) is 19.8. The third kappa shape index (κ3) is 2.41. The molecular formula is C18H21FN4O. The Kier molecular flexibility index (Phi) is 3.82. The minimum Gasteiger partial charge on any atom is -0.280 e. The van der Waals surface area contributed by atoms with Gasteiger partial charge in [-0.05, 0) is 37.0 Å². The fourth-order valence-corrected chi connectivity index (χ4v) is 4.10. The van der Waals surface area contributed by atoms with Crippen LogP contribution in [0.1, 0.15) is 44.1 Å². The minimum atomic E-state index is -0.569. The van der Waals surface area contributed by atoms with Gasteiger partial charge in [0.1, 0.15) is 12.1 Å². The highest BCUT2D eigenvalue weighted by Gasteiger charge is 2.45. The van der Waals surface area contributed by atoms with Crippen LogP contribution < -0.4 is 4.90 Å². The van der Waals surface area contributed by atoms with Crippen LogP contribution in [0, 0.1) is 5.82 Å². The van der Waals surface area contributed by atoms with E-state index in [1.807, 2.05) is 0 Å². The van der Waals surface area contributed by atoms with Gasteiger partial charge >= 0.3 is 0 Å². The highest BCUT2D eigenvalue weighted by molar-refractivity contribution is 6.00. The molecule has 1 aliphatic carbocycles. The summed E-state index contributed by atoms with van der Waals surface area (Å²) in [7, 11) is 0. The Hall–Kier alpha value is -2.24. The number of nitrogens with zero attached hydrogens (tertiary/aromatic N) is 4. The second-order valence-electron chi connectivity index (χ2n) is 6.74. The van der Waals surface area contributed by atoms with E-state index in [-0.39, 0.29) is 11.7 Å². The number of benzene rings is 1. The van der Waals surface area contributed by atoms with Gasteiger partial charge in [0.25, 0.3) is 0 Å². The van der Waals surface area contributed by atoms with Crippen molar-refractivity contribution in [1.29, 1.82) is 0 Å². The molecule has 0 radical (unpaired) electrons. The molecule has 1 aromatic carbocycles. The number of halogens is 1. The van der Waals surface area contributed by atoms with Gasteiger partial charge in [0.15, 0.2) is 0 Å². The summed E-state index contributed by atoms with van der Waals surface area (Å²) >= 11 is 0. The van der Waals surface area contributed by atoms with Crippen LogP contribution in [-0.4, -0.2) is 27.2 Å². The number of hydrogen-bond acceptors (Lipinski definition) is 3. The summed E-state index contributed by atoms with van der Waals surface area (Å²) in [5.41, 5.74) is 0.352. The highest BCUT2D eigenvalue weighted by atomic mass is 19.1. The van der Waals surface area contributed by atoms with Crippen LogP contribution in [0.15, 0.2) is 30.6 Å². The zero-order valence-corrected chi connectivity index (χ0v) is 13.6. The number of hydrogen-bond donors (Lipinski definition) is 0. The molecule has 1 fully saturated rings. The van der Waals surface area contributed by atoms with E-state index in [0.717, 1.165) is 50.6 Å². The highest BCUT2D eigenvalue weighted by Crippen LogP contribution is 2.42. The molecule has 5 nitrogen and oxygen atoms in total. The maximum atomic E-state index is 13.6. The molecule has 2 aromatic rings. The molecule has 0 unspecified atom stereocenters. The van der Waals surface area contributed by atoms with Gasteiger partial charge < -0.3 is 0 Å². The van der Waals surface area contributed by atoms with Gasteiger partial charge in [-0.15, -0.1) is 0 Å². The van der Waals surface area contributed by atoms with Gasteiger partial charge in [0.05, 0.1) is 5.41 Å². The number of aromatic nitrogens is 3. The Morgan fingerprint density at radius 1 is 1.04 bits per heavy atom. The molecule has 1 aliphatic heterocycles. The lowest BCUT2D eigenvalue weighted by atomic mass is 9.68. The number of anilines is 1. The van der Waals surface area contributed by atoms with Crippen LogP contribution in [0.4, 0.5) is 10.3 Å². The number of rotatable bonds is 2. The summed E-state index contributed by atoms with van der Waals surface area (Å²) in [4.78, 5) is 19.6. The second-order valence-corrected chi connectivity index (χ2v) is 6.74. The van der Waals surface area contributed by atoms with E-state index in [1.54, 1.807) is 21.7 Å². The largest absolute Gasteiger partial charge is 0.280 e. The molecule has 2 heterocycles. The lowest BCUT2D eigenvalue weighted by Gasteiger charge is -2.40. The Morgan fingerprint density at radius 2 is 1.79 bits per heavy atom. The van der Waals surface area contributed by atoms with E-state index in [4.69, 9.17) is 0 Å². The zero-order chi connectivity index (χ0) is 16.6. The van der Waals surface area contributed by atoms with Crippen LogP contribution in [0.5, 0.6) is 0 Å². The first-order valence-electron chi connectivity index (χ1n) is 8.66. The van der Waals surface area contributed by atoms with Crippen molar-refractivity contribution in [2.45, 2.75) is 50.5 Å². The van der Waals surface area contributed by atoms with Crippen molar-refractivity contribution >= 4 is 11.9 Å². The average molecular weight is 328 g/mol. The quantitative estimate of drug-likeness (QED) is 0.851. The van der Waals surface area contributed by atoms with Crippen LogP contribution >= 0.6 is 0 Å².